The molecule has 0 saturated heterocycles. The van der Waals surface area contributed by atoms with Crippen LogP contribution in [0.4, 0.5) is 0 Å². The number of hydrogen-bond acceptors (Lipinski definition) is 6. The van der Waals surface area contributed by atoms with Gasteiger partial charge >= 0.3 is 0 Å². The average molecular weight is 557 g/mol. The third kappa shape index (κ3) is 5.43. The highest BCUT2D eigenvalue weighted by atomic mass is 127. The van der Waals surface area contributed by atoms with Crippen LogP contribution in [0.15, 0.2) is 29.3 Å². The molecule has 8 nitrogen and oxygen atoms in total. The van der Waals surface area contributed by atoms with Crippen molar-refractivity contribution in [1.82, 2.24) is 10.2 Å². The van der Waals surface area contributed by atoms with Gasteiger partial charge in [-0.05, 0) is 47.4 Å². The van der Waals surface area contributed by atoms with E-state index in [2.05, 4.69) is 21.3 Å². The Bertz CT molecular complexity index is 926. The SMILES string of the molecule is CN=C(NCc1cc(OC)c(OC)c(OC)c1)N1CCc2cc(OC)c(OC)cc2C1.I. The predicted molar refractivity (Wildman–Crippen MR) is 135 cm³/mol. The maximum Gasteiger partial charge on any atom is 0.203 e. The van der Waals surface area contributed by atoms with E-state index in [0.29, 0.717) is 23.8 Å². The highest BCUT2D eigenvalue weighted by Crippen LogP contribution is 2.38. The molecule has 3 rings (SSSR count). The van der Waals surface area contributed by atoms with Gasteiger partial charge in [0.15, 0.2) is 29.0 Å². The van der Waals surface area contributed by atoms with Crippen molar-refractivity contribution in [2.24, 2.45) is 4.99 Å². The number of benzene rings is 2. The van der Waals surface area contributed by atoms with E-state index in [9.17, 15) is 0 Å². The van der Waals surface area contributed by atoms with Crippen LogP contribution < -0.4 is 29.0 Å². The van der Waals surface area contributed by atoms with Crippen LogP contribution in [0.3, 0.4) is 0 Å². The van der Waals surface area contributed by atoms with E-state index in [4.69, 9.17) is 23.7 Å². The maximum atomic E-state index is 5.47. The third-order valence-corrected chi connectivity index (χ3v) is 5.40. The quantitative estimate of drug-likeness (QED) is 0.318. The summed E-state index contributed by atoms with van der Waals surface area (Å²) in [6.07, 6.45) is 0.903. The lowest BCUT2D eigenvalue weighted by Crippen LogP contribution is -2.43. The van der Waals surface area contributed by atoms with Crippen LogP contribution in [0.25, 0.3) is 0 Å². The Balaban J connectivity index is 0.00000363. The molecule has 0 unspecified atom stereocenters. The molecular weight excluding hydrogens is 525 g/mol. The molecule has 0 radical (unpaired) electrons. The molecule has 1 N–H and O–H groups in total. The van der Waals surface area contributed by atoms with Crippen molar-refractivity contribution in [2.75, 3.05) is 49.1 Å². The number of nitrogens with zero attached hydrogens (tertiary/aromatic N) is 2. The molecule has 1 aliphatic rings. The van der Waals surface area contributed by atoms with E-state index in [-0.39, 0.29) is 24.0 Å². The van der Waals surface area contributed by atoms with Gasteiger partial charge in [-0.1, -0.05) is 0 Å². The van der Waals surface area contributed by atoms with Gasteiger partial charge in [-0.2, -0.15) is 0 Å². The molecule has 176 valence electrons. The molecule has 2 aromatic carbocycles. The standard InChI is InChI=1S/C23H31N3O5.HI/c1-24-23(25-13-15-9-20(29-4)22(31-6)21(10-15)30-5)26-8-7-16-11-18(27-2)19(28-3)12-17(16)14-26;/h9-12H,7-8,13-14H2,1-6H3,(H,24,25);1H. The van der Waals surface area contributed by atoms with Crippen LogP contribution in [0.1, 0.15) is 16.7 Å². The van der Waals surface area contributed by atoms with Crippen molar-refractivity contribution in [2.45, 2.75) is 19.5 Å². The van der Waals surface area contributed by atoms with Crippen molar-refractivity contribution < 1.29 is 23.7 Å². The van der Waals surface area contributed by atoms with Gasteiger partial charge < -0.3 is 33.9 Å². The zero-order chi connectivity index (χ0) is 22.4. The number of ether oxygens (including phenoxy) is 5. The Kier molecular flexibility index (Phi) is 9.55. The van der Waals surface area contributed by atoms with E-state index in [0.717, 1.165) is 42.5 Å². The molecule has 2 aromatic rings. The maximum absolute atomic E-state index is 5.47. The lowest BCUT2D eigenvalue weighted by Gasteiger charge is -2.32. The fraction of sp³-hybridized carbons (Fsp3) is 0.435. The number of hydrogen-bond donors (Lipinski definition) is 1. The summed E-state index contributed by atoms with van der Waals surface area (Å²) in [7, 11) is 9.93. The van der Waals surface area contributed by atoms with Crippen molar-refractivity contribution in [3.8, 4) is 28.7 Å². The van der Waals surface area contributed by atoms with E-state index >= 15 is 0 Å². The second-order valence-electron chi connectivity index (χ2n) is 7.08. The van der Waals surface area contributed by atoms with Crippen LogP contribution in [-0.4, -0.2) is 60.0 Å². The van der Waals surface area contributed by atoms with Gasteiger partial charge in [0.25, 0.3) is 0 Å². The van der Waals surface area contributed by atoms with Crippen molar-refractivity contribution >= 4 is 29.9 Å². The second-order valence-corrected chi connectivity index (χ2v) is 7.08. The zero-order valence-electron chi connectivity index (χ0n) is 19.5. The fourth-order valence-electron chi connectivity index (χ4n) is 3.81. The molecule has 0 atom stereocenters. The Hall–Kier alpha value is -2.56. The van der Waals surface area contributed by atoms with Gasteiger partial charge in [-0.3, -0.25) is 4.99 Å². The normalized spacial score (nSPS) is 12.9. The van der Waals surface area contributed by atoms with E-state index in [1.165, 1.54) is 11.1 Å². The van der Waals surface area contributed by atoms with Crippen LogP contribution in [0.2, 0.25) is 0 Å². The lowest BCUT2D eigenvalue weighted by molar-refractivity contribution is 0.323. The summed E-state index contributed by atoms with van der Waals surface area (Å²) in [5.41, 5.74) is 3.48. The largest absolute Gasteiger partial charge is 0.493 e. The molecule has 0 fully saturated rings. The molecule has 32 heavy (non-hydrogen) atoms. The smallest absolute Gasteiger partial charge is 0.203 e. The third-order valence-electron chi connectivity index (χ3n) is 5.40. The highest BCUT2D eigenvalue weighted by Gasteiger charge is 2.22. The Morgan fingerprint density at radius 1 is 0.844 bits per heavy atom. The summed E-state index contributed by atoms with van der Waals surface area (Å²) >= 11 is 0. The minimum absolute atomic E-state index is 0. The molecule has 0 saturated carbocycles. The van der Waals surface area contributed by atoms with Crippen LogP contribution in [-0.2, 0) is 19.5 Å². The summed E-state index contributed by atoms with van der Waals surface area (Å²) < 4.78 is 27.2. The highest BCUT2D eigenvalue weighted by molar-refractivity contribution is 14.0. The number of rotatable bonds is 7. The van der Waals surface area contributed by atoms with Gasteiger partial charge in [0.1, 0.15) is 0 Å². The predicted octanol–water partition coefficient (Wildman–Crippen LogP) is 3.48. The van der Waals surface area contributed by atoms with Crippen molar-refractivity contribution in [3.63, 3.8) is 0 Å². The first-order chi connectivity index (χ1) is 15.1. The molecule has 9 heteroatoms. The summed E-state index contributed by atoms with van der Waals surface area (Å²) in [5, 5.41) is 3.45. The molecule has 0 aliphatic carbocycles. The average Bonchev–Trinajstić information content (AvgIpc) is 2.82. The van der Waals surface area contributed by atoms with Gasteiger partial charge in [-0.25, -0.2) is 0 Å². The minimum atomic E-state index is 0. The lowest BCUT2D eigenvalue weighted by atomic mass is 9.99. The number of guanidine groups is 1. The number of aliphatic imine (C=N–C) groups is 1. The molecule has 1 heterocycles. The molecule has 0 aromatic heterocycles. The summed E-state index contributed by atoms with van der Waals surface area (Å²) in [4.78, 5) is 6.71. The van der Waals surface area contributed by atoms with E-state index in [1.54, 1.807) is 42.6 Å². The second kappa shape index (κ2) is 11.9. The fourth-order valence-corrected chi connectivity index (χ4v) is 3.81. The molecule has 1 aliphatic heterocycles. The monoisotopic (exact) mass is 557 g/mol. The zero-order valence-corrected chi connectivity index (χ0v) is 21.8. The van der Waals surface area contributed by atoms with Crippen molar-refractivity contribution in [1.29, 1.82) is 0 Å². The van der Waals surface area contributed by atoms with Gasteiger partial charge in [0.05, 0.1) is 35.5 Å². The van der Waals surface area contributed by atoms with Gasteiger partial charge in [-0.15, -0.1) is 24.0 Å². The number of fused-ring (bicyclic) bond motifs is 1. The van der Waals surface area contributed by atoms with E-state index < -0.39 is 0 Å². The molecular formula is C23H32IN3O5. The van der Waals surface area contributed by atoms with Crippen LogP contribution in [0, 0.1) is 0 Å². The molecule has 0 amide bonds. The first kappa shape index (κ1) is 25.7. The van der Waals surface area contributed by atoms with Crippen molar-refractivity contribution in [3.05, 3.63) is 41.0 Å². The Morgan fingerprint density at radius 3 is 1.91 bits per heavy atom. The summed E-state index contributed by atoms with van der Waals surface area (Å²) in [6.45, 7) is 2.17. The van der Waals surface area contributed by atoms with Gasteiger partial charge in [0, 0.05) is 26.7 Å². The van der Waals surface area contributed by atoms with Gasteiger partial charge in [0.2, 0.25) is 5.75 Å². The van der Waals surface area contributed by atoms with Crippen LogP contribution >= 0.6 is 24.0 Å². The van der Waals surface area contributed by atoms with Crippen LogP contribution in [0.5, 0.6) is 28.7 Å². The number of methoxy groups -OCH3 is 5. The first-order valence-corrected chi connectivity index (χ1v) is 10.1. The topological polar surface area (TPSA) is 73.8 Å². The Labute approximate surface area is 206 Å². The number of halogens is 1. The minimum Gasteiger partial charge on any atom is -0.493 e. The molecule has 0 bridgehead atoms. The Morgan fingerprint density at radius 2 is 1.41 bits per heavy atom. The summed E-state index contributed by atoms with van der Waals surface area (Å²) in [5.74, 6) is 4.16. The number of nitrogens with one attached hydrogen (secondary N) is 1. The molecule has 0 spiro atoms. The van der Waals surface area contributed by atoms with E-state index in [1.807, 2.05) is 18.2 Å². The summed E-state index contributed by atoms with van der Waals surface area (Å²) in [6, 6.07) is 7.99. The first-order valence-electron chi connectivity index (χ1n) is 10.1.